The van der Waals surface area contributed by atoms with Crippen LogP contribution in [0.1, 0.15) is 0 Å². The van der Waals surface area contributed by atoms with E-state index in [1.54, 1.807) is 0 Å². The molecule has 0 amide bonds. The fourth-order valence-corrected chi connectivity index (χ4v) is 8.31. The summed E-state index contributed by atoms with van der Waals surface area (Å²) >= 11 is 0. The molecule has 0 saturated heterocycles. The second-order valence-electron chi connectivity index (χ2n) is 13.6. The molecule has 0 heteroatoms. The van der Waals surface area contributed by atoms with Crippen molar-refractivity contribution in [3.05, 3.63) is 206 Å². The first-order valence-electron chi connectivity index (χ1n) is 18.0. The molecule has 0 radical (unpaired) electrons. The van der Waals surface area contributed by atoms with E-state index in [4.69, 9.17) is 0 Å². The van der Waals surface area contributed by atoms with E-state index < -0.39 is 0 Å². The van der Waals surface area contributed by atoms with Crippen molar-refractivity contribution >= 4 is 43.1 Å². The molecule has 0 nitrogen and oxygen atoms in total. The highest BCUT2D eigenvalue weighted by Crippen LogP contribution is 2.45. The average Bonchev–Trinajstić information content (AvgIpc) is 3.22. The van der Waals surface area contributed by atoms with Gasteiger partial charge in [0.05, 0.1) is 0 Å². The van der Waals surface area contributed by atoms with Crippen LogP contribution in [-0.4, -0.2) is 0 Å². The fourth-order valence-electron chi connectivity index (χ4n) is 8.31. The molecule has 10 aromatic rings. The van der Waals surface area contributed by atoms with Gasteiger partial charge in [-0.3, -0.25) is 0 Å². The smallest absolute Gasteiger partial charge is 0.00262 e. The maximum Gasteiger partial charge on any atom is -0.00262 e. The van der Waals surface area contributed by atoms with Gasteiger partial charge in [-0.1, -0.05) is 200 Å². The summed E-state index contributed by atoms with van der Waals surface area (Å²) in [6.45, 7) is 0. The third-order valence-electron chi connectivity index (χ3n) is 10.7. The average molecular weight is 659 g/mol. The van der Waals surface area contributed by atoms with Crippen molar-refractivity contribution in [2.75, 3.05) is 0 Å². The van der Waals surface area contributed by atoms with Gasteiger partial charge in [0, 0.05) is 0 Å². The van der Waals surface area contributed by atoms with Gasteiger partial charge in [-0.25, -0.2) is 0 Å². The summed E-state index contributed by atoms with van der Waals surface area (Å²) in [7, 11) is 0. The summed E-state index contributed by atoms with van der Waals surface area (Å²) < 4.78 is 0. The first-order valence-corrected chi connectivity index (χ1v) is 18.0. The third-order valence-corrected chi connectivity index (χ3v) is 10.7. The molecule has 0 spiro atoms. The van der Waals surface area contributed by atoms with Gasteiger partial charge in [0.1, 0.15) is 0 Å². The summed E-state index contributed by atoms with van der Waals surface area (Å²) in [6, 6.07) is 75.4. The lowest BCUT2D eigenvalue weighted by Crippen LogP contribution is -1.91. The number of hydrogen-bond donors (Lipinski definition) is 0. The van der Waals surface area contributed by atoms with Gasteiger partial charge < -0.3 is 0 Å². The van der Waals surface area contributed by atoms with Crippen LogP contribution < -0.4 is 0 Å². The Hall–Kier alpha value is -6.76. The Morgan fingerprint density at radius 1 is 0.192 bits per heavy atom. The topological polar surface area (TPSA) is 0 Å². The van der Waals surface area contributed by atoms with E-state index in [0.29, 0.717) is 0 Å². The van der Waals surface area contributed by atoms with Crippen LogP contribution in [0.4, 0.5) is 0 Å². The molecule has 0 bridgehead atoms. The molecule has 10 rings (SSSR count). The second kappa shape index (κ2) is 12.5. The zero-order valence-electron chi connectivity index (χ0n) is 28.6. The molecule has 0 aliphatic heterocycles. The minimum atomic E-state index is 1.22. The zero-order chi connectivity index (χ0) is 34.4. The first-order chi connectivity index (χ1) is 25.8. The SMILES string of the molecule is c1ccc(-c2ccc(-c3ccc(-c4c5ccccc5c(-c5cccc(-c6cccc7ccccc67)c5)c5ccccc45)cc3)c3ccccc23)cc1. The van der Waals surface area contributed by atoms with Gasteiger partial charge in [0.2, 0.25) is 0 Å². The second-order valence-corrected chi connectivity index (χ2v) is 13.6. The van der Waals surface area contributed by atoms with E-state index in [1.165, 1.54) is 98.7 Å². The van der Waals surface area contributed by atoms with E-state index in [0.717, 1.165) is 0 Å². The van der Waals surface area contributed by atoms with E-state index in [9.17, 15) is 0 Å². The van der Waals surface area contributed by atoms with Crippen LogP contribution in [0, 0.1) is 0 Å². The maximum absolute atomic E-state index is 2.37. The van der Waals surface area contributed by atoms with Gasteiger partial charge in [-0.05, 0) is 105 Å². The minimum Gasteiger partial charge on any atom is -0.0622 e. The fraction of sp³-hybridized carbons (Fsp3) is 0. The van der Waals surface area contributed by atoms with E-state index in [2.05, 4.69) is 206 Å². The van der Waals surface area contributed by atoms with Crippen LogP contribution in [0.15, 0.2) is 206 Å². The van der Waals surface area contributed by atoms with Crippen molar-refractivity contribution in [1.29, 1.82) is 0 Å². The maximum atomic E-state index is 2.37. The monoisotopic (exact) mass is 658 g/mol. The molecule has 242 valence electrons. The van der Waals surface area contributed by atoms with E-state index in [-0.39, 0.29) is 0 Å². The van der Waals surface area contributed by atoms with Crippen LogP contribution in [-0.2, 0) is 0 Å². The molecule has 0 saturated carbocycles. The van der Waals surface area contributed by atoms with Gasteiger partial charge in [0.15, 0.2) is 0 Å². The summed E-state index contributed by atoms with van der Waals surface area (Å²) in [4.78, 5) is 0. The predicted molar refractivity (Wildman–Crippen MR) is 224 cm³/mol. The Morgan fingerprint density at radius 2 is 0.577 bits per heavy atom. The zero-order valence-corrected chi connectivity index (χ0v) is 28.6. The van der Waals surface area contributed by atoms with Gasteiger partial charge in [-0.2, -0.15) is 0 Å². The first kappa shape index (κ1) is 30.1. The van der Waals surface area contributed by atoms with Crippen molar-refractivity contribution < 1.29 is 0 Å². The Bertz CT molecular complexity index is 2870. The molecule has 0 N–H and O–H groups in total. The Morgan fingerprint density at radius 3 is 1.19 bits per heavy atom. The summed E-state index contributed by atoms with van der Waals surface area (Å²) in [5, 5.41) is 10.1. The molecule has 0 aliphatic carbocycles. The molecule has 0 heterocycles. The van der Waals surface area contributed by atoms with Crippen LogP contribution in [0.3, 0.4) is 0 Å². The number of benzene rings is 10. The highest BCUT2D eigenvalue weighted by molar-refractivity contribution is 6.21. The Kier molecular flexibility index (Phi) is 7.25. The Labute approximate surface area is 303 Å². The highest BCUT2D eigenvalue weighted by atomic mass is 14.2. The van der Waals surface area contributed by atoms with E-state index in [1.807, 2.05) is 0 Å². The van der Waals surface area contributed by atoms with Crippen LogP contribution in [0.2, 0.25) is 0 Å². The van der Waals surface area contributed by atoms with E-state index >= 15 is 0 Å². The van der Waals surface area contributed by atoms with Gasteiger partial charge in [-0.15, -0.1) is 0 Å². The van der Waals surface area contributed by atoms with Crippen LogP contribution in [0.25, 0.3) is 98.7 Å². The molecular formula is C52H34. The predicted octanol–water partition coefficient (Wildman–Crippen LogP) is 14.6. The quantitative estimate of drug-likeness (QED) is 0.161. The molecule has 0 aromatic heterocycles. The van der Waals surface area contributed by atoms with Crippen molar-refractivity contribution in [3.63, 3.8) is 0 Å². The van der Waals surface area contributed by atoms with Crippen molar-refractivity contribution in [2.24, 2.45) is 0 Å². The van der Waals surface area contributed by atoms with Crippen molar-refractivity contribution in [1.82, 2.24) is 0 Å². The molecule has 0 fully saturated rings. The lowest BCUT2D eigenvalue weighted by Gasteiger charge is -2.19. The van der Waals surface area contributed by atoms with Gasteiger partial charge >= 0.3 is 0 Å². The molecule has 0 atom stereocenters. The molecule has 0 aliphatic rings. The normalized spacial score (nSPS) is 11.5. The van der Waals surface area contributed by atoms with Crippen LogP contribution >= 0.6 is 0 Å². The van der Waals surface area contributed by atoms with Crippen molar-refractivity contribution in [3.8, 4) is 55.6 Å². The molecular weight excluding hydrogens is 625 g/mol. The number of hydrogen-bond acceptors (Lipinski definition) is 0. The van der Waals surface area contributed by atoms with Crippen molar-refractivity contribution in [2.45, 2.75) is 0 Å². The highest BCUT2D eigenvalue weighted by Gasteiger charge is 2.18. The number of fused-ring (bicyclic) bond motifs is 4. The molecule has 52 heavy (non-hydrogen) atoms. The molecule has 0 unspecified atom stereocenters. The summed E-state index contributed by atoms with van der Waals surface area (Å²) in [5.74, 6) is 0. The summed E-state index contributed by atoms with van der Waals surface area (Å²) in [6.07, 6.45) is 0. The lowest BCUT2D eigenvalue weighted by molar-refractivity contribution is 1.61. The number of rotatable bonds is 5. The lowest BCUT2D eigenvalue weighted by atomic mass is 9.85. The van der Waals surface area contributed by atoms with Gasteiger partial charge in [0.25, 0.3) is 0 Å². The standard InChI is InChI=1S/C52H34/c1-2-14-35(15-3-1)43-32-33-44(46-22-7-6-21-45(43)46)37-28-30-38(31-29-37)51-47-23-8-10-25-49(47)52(50-26-11-9-24-48(50)51)40-19-12-18-39(34-40)42-27-13-17-36-16-4-5-20-41(36)42/h1-34H. The van der Waals surface area contributed by atoms with Crippen LogP contribution in [0.5, 0.6) is 0 Å². The largest absolute Gasteiger partial charge is 0.0622 e. The third kappa shape index (κ3) is 5.00. The molecule has 10 aromatic carbocycles. The minimum absolute atomic E-state index is 1.22. The Balaban J connectivity index is 1.12. The summed E-state index contributed by atoms with van der Waals surface area (Å²) in [5.41, 5.74) is 12.4.